The molecule has 2 heterocycles. The van der Waals surface area contributed by atoms with Gasteiger partial charge < -0.3 is 16.2 Å². The van der Waals surface area contributed by atoms with Crippen molar-refractivity contribution in [3.8, 4) is 0 Å². The van der Waals surface area contributed by atoms with Gasteiger partial charge in [0.05, 0.1) is 12.6 Å². The average molecular weight is 424 g/mol. The van der Waals surface area contributed by atoms with Gasteiger partial charge in [-0.2, -0.15) is 9.97 Å². The molecule has 6 N–H and O–H groups in total. The summed E-state index contributed by atoms with van der Waals surface area (Å²) in [7, 11) is -3.80. The molecular weight excluding hydrogens is 394 g/mol. The average Bonchev–Trinajstić information content (AvgIpc) is 2.59. The van der Waals surface area contributed by atoms with Crippen LogP contribution in [0.1, 0.15) is 50.3 Å². The Morgan fingerprint density at radius 1 is 1.14 bits per heavy atom. The number of nitrogens with two attached hydrogens (primary N) is 2. The molecule has 0 aliphatic heterocycles. The van der Waals surface area contributed by atoms with Gasteiger partial charge in [-0.3, -0.25) is 0 Å². The maximum absolute atomic E-state index is 11.5. The fourth-order valence-corrected chi connectivity index (χ4v) is 3.39. The SMILES string of the molecule is CC(C)C[C@H](CO)Nc1nc(C[C@@H](C)c2ccc(N)nc2)nc(CS(N)(=O)=O)n1. The summed E-state index contributed by atoms with van der Waals surface area (Å²) in [6.07, 6.45) is 2.83. The normalized spacial score (nSPS) is 14.0. The molecule has 0 unspecified atom stereocenters. The highest BCUT2D eigenvalue weighted by molar-refractivity contribution is 7.88. The summed E-state index contributed by atoms with van der Waals surface area (Å²) in [5.74, 6) is 1.01. The van der Waals surface area contributed by atoms with Crippen LogP contribution in [-0.2, 0) is 22.2 Å². The Morgan fingerprint density at radius 3 is 2.38 bits per heavy atom. The molecule has 0 radical (unpaired) electrons. The second kappa shape index (κ2) is 9.90. The van der Waals surface area contributed by atoms with Crippen LogP contribution in [0.3, 0.4) is 0 Å². The Hall–Kier alpha value is -2.37. The molecule has 0 fully saturated rings. The molecule has 2 aromatic rings. The number of hydrogen-bond donors (Lipinski definition) is 4. The zero-order valence-corrected chi connectivity index (χ0v) is 17.7. The molecule has 29 heavy (non-hydrogen) atoms. The largest absolute Gasteiger partial charge is 0.394 e. The lowest BCUT2D eigenvalue weighted by atomic mass is 9.99. The molecule has 0 amide bonds. The first-order chi connectivity index (χ1) is 13.6. The highest BCUT2D eigenvalue weighted by Gasteiger charge is 2.17. The van der Waals surface area contributed by atoms with Crippen LogP contribution in [-0.4, -0.2) is 46.1 Å². The number of aromatic nitrogens is 4. The van der Waals surface area contributed by atoms with Crippen LogP contribution in [0.2, 0.25) is 0 Å². The number of aliphatic hydroxyl groups excluding tert-OH is 1. The Kier molecular flexibility index (Phi) is 7.82. The predicted molar refractivity (Wildman–Crippen MR) is 111 cm³/mol. The molecule has 160 valence electrons. The number of pyridine rings is 1. The van der Waals surface area contributed by atoms with Gasteiger partial charge in [-0.25, -0.2) is 23.5 Å². The van der Waals surface area contributed by atoms with E-state index >= 15 is 0 Å². The molecule has 10 nitrogen and oxygen atoms in total. The van der Waals surface area contributed by atoms with Gasteiger partial charge in [0.15, 0.2) is 5.82 Å². The molecule has 0 aromatic carbocycles. The number of rotatable bonds is 10. The zero-order chi connectivity index (χ0) is 21.6. The van der Waals surface area contributed by atoms with Crippen LogP contribution < -0.4 is 16.2 Å². The lowest BCUT2D eigenvalue weighted by molar-refractivity contribution is 0.259. The first-order valence-corrected chi connectivity index (χ1v) is 11.1. The fourth-order valence-electron chi connectivity index (χ4n) is 2.90. The van der Waals surface area contributed by atoms with E-state index < -0.39 is 15.8 Å². The first-order valence-electron chi connectivity index (χ1n) is 9.38. The summed E-state index contributed by atoms with van der Waals surface area (Å²) >= 11 is 0. The van der Waals surface area contributed by atoms with E-state index in [4.69, 9.17) is 10.9 Å². The van der Waals surface area contributed by atoms with Crippen LogP contribution in [0.5, 0.6) is 0 Å². The smallest absolute Gasteiger partial charge is 0.226 e. The van der Waals surface area contributed by atoms with Crippen molar-refractivity contribution in [3.63, 3.8) is 0 Å². The second-order valence-electron chi connectivity index (χ2n) is 7.57. The molecular formula is C18H29N7O3S. The van der Waals surface area contributed by atoms with Gasteiger partial charge in [0.25, 0.3) is 0 Å². The third-order valence-electron chi connectivity index (χ3n) is 4.23. The van der Waals surface area contributed by atoms with Gasteiger partial charge in [-0.1, -0.05) is 26.8 Å². The van der Waals surface area contributed by atoms with Crippen molar-refractivity contribution in [1.29, 1.82) is 0 Å². The Labute approximate surface area is 171 Å². The lowest BCUT2D eigenvalue weighted by Gasteiger charge is -2.19. The van der Waals surface area contributed by atoms with E-state index in [-0.39, 0.29) is 30.3 Å². The molecule has 2 aromatic heterocycles. The summed E-state index contributed by atoms with van der Waals surface area (Å²) in [5, 5.41) is 17.8. The minimum atomic E-state index is -3.80. The van der Waals surface area contributed by atoms with Crippen molar-refractivity contribution in [2.24, 2.45) is 11.1 Å². The molecule has 2 rings (SSSR count). The highest BCUT2D eigenvalue weighted by Crippen LogP contribution is 2.20. The number of aliphatic hydroxyl groups is 1. The van der Waals surface area contributed by atoms with E-state index in [1.54, 1.807) is 12.3 Å². The van der Waals surface area contributed by atoms with Gasteiger partial charge in [-0.15, -0.1) is 0 Å². The van der Waals surface area contributed by atoms with Gasteiger partial charge in [0.1, 0.15) is 17.4 Å². The number of nitrogens with one attached hydrogen (secondary N) is 1. The number of sulfonamides is 1. The van der Waals surface area contributed by atoms with E-state index in [0.717, 1.165) is 5.56 Å². The number of nitrogen functional groups attached to an aromatic ring is 1. The lowest BCUT2D eigenvalue weighted by Crippen LogP contribution is -2.28. The molecule has 0 spiro atoms. The summed E-state index contributed by atoms with van der Waals surface area (Å²) in [4.78, 5) is 16.9. The maximum Gasteiger partial charge on any atom is 0.226 e. The third kappa shape index (κ3) is 7.87. The van der Waals surface area contributed by atoms with Crippen LogP contribution in [0.4, 0.5) is 11.8 Å². The van der Waals surface area contributed by atoms with Crippen LogP contribution in [0.25, 0.3) is 0 Å². The quantitative estimate of drug-likeness (QED) is 0.431. The number of primary sulfonamides is 1. The monoisotopic (exact) mass is 423 g/mol. The van der Waals surface area contributed by atoms with Gasteiger partial charge in [-0.05, 0) is 29.9 Å². The number of anilines is 2. The molecule has 0 bridgehead atoms. The van der Waals surface area contributed by atoms with E-state index in [2.05, 4.69) is 25.3 Å². The van der Waals surface area contributed by atoms with Crippen molar-refractivity contribution in [1.82, 2.24) is 19.9 Å². The summed E-state index contributed by atoms with van der Waals surface area (Å²) in [6.45, 7) is 5.96. The second-order valence-corrected chi connectivity index (χ2v) is 9.19. The van der Waals surface area contributed by atoms with E-state index in [1.807, 2.05) is 26.8 Å². The predicted octanol–water partition coefficient (Wildman–Crippen LogP) is 0.802. The van der Waals surface area contributed by atoms with E-state index in [9.17, 15) is 13.5 Å². The molecule has 0 saturated heterocycles. The number of hydrogen-bond acceptors (Lipinski definition) is 9. The van der Waals surface area contributed by atoms with Crippen molar-refractivity contribution in [3.05, 3.63) is 35.5 Å². The Morgan fingerprint density at radius 2 is 1.83 bits per heavy atom. The van der Waals surface area contributed by atoms with Gasteiger partial charge >= 0.3 is 0 Å². The third-order valence-corrected chi connectivity index (χ3v) is 4.90. The van der Waals surface area contributed by atoms with Gasteiger partial charge in [0.2, 0.25) is 16.0 Å². The van der Waals surface area contributed by atoms with Crippen molar-refractivity contribution < 1.29 is 13.5 Å². The number of nitrogens with zero attached hydrogens (tertiary/aromatic N) is 4. The minimum absolute atomic E-state index is 0.0185. The molecule has 0 aliphatic rings. The van der Waals surface area contributed by atoms with Crippen molar-refractivity contribution in [2.45, 2.75) is 51.3 Å². The van der Waals surface area contributed by atoms with Crippen molar-refractivity contribution in [2.75, 3.05) is 17.7 Å². The summed E-state index contributed by atoms with van der Waals surface area (Å²) in [6, 6.07) is 3.34. The molecule has 0 aliphatic carbocycles. The minimum Gasteiger partial charge on any atom is -0.394 e. The Bertz CT molecular complexity index is 904. The van der Waals surface area contributed by atoms with Crippen molar-refractivity contribution >= 4 is 21.8 Å². The molecule has 2 atom stereocenters. The molecule has 11 heteroatoms. The Balaban J connectivity index is 2.29. The summed E-state index contributed by atoms with van der Waals surface area (Å²) < 4.78 is 23.0. The fraction of sp³-hybridized carbons (Fsp3) is 0.556. The van der Waals surface area contributed by atoms with Crippen LogP contribution in [0.15, 0.2) is 18.3 Å². The molecule has 0 saturated carbocycles. The zero-order valence-electron chi connectivity index (χ0n) is 16.9. The van der Waals surface area contributed by atoms with E-state index in [1.165, 1.54) is 0 Å². The summed E-state index contributed by atoms with van der Waals surface area (Å²) in [5.41, 5.74) is 6.58. The van der Waals surface area contributed by atoms with E-state index in [0.29, 0.717) is 30.4 Å². The maximum atomic E-state index is 11.5. The van der Waals surface area contributed by atoms with Gasteiger partial charge in [0, 0.05) is 12.6 Å². The topological polar surface area (TPSA) is 170 Å². The standard InChI is InChI=1S/C18H29N7O3S/c1-11(2)6-14(9-26)22-18-24-16(23-17(25-18)10-29(20,27)28)7-12(3)13-4-5-15(19)21-8-13/h4-5,8,11-12,14,26H,6-7,9-10H2,1-3H3,(H2,19,21)(H2,20,27,28)(H,22,23,24,25)/t12-,14-/m1/s1. The van der Waals surface area contributed by atoms with Crippen LogP contribution >= 0.6 is 0 Å². The first kappa shape index (κ1) is 22.9. The van der Waals surface area contributed by atoms with Crippen LogP contribution in [0, 0.1) is 5.92 Å². The highest BCUT2D eigenvalue weighted by atomic mass is 32.2.